The summed E-state index contributed by atoms with van der Waals surface area (Å²) >= 11 is 1.43. The van der Waals surface area contributed by atoms with Crippen molar-refractivity contribution in [2.75, 3.05) is 5.32 Å². The van der Waals surface area contributed by atoms with Gasteiger partial charge in [-0.1, -0.05) is 48.8 Å². The topological polar surface area (TPSA) is 85.8 Å². The van der Waals surface area contributed by atoms with Gasteiger partial charge in [-0.25, -0.2) is 0 Å². The van der Waals surface area contributed by atoms with Gasteiger partial charge in [-0.15, -0.1) is 10.2 Å². The Balaban J connectivity index is 1.84. The number of nitrogens with one attached hydrogen (secondary N) is 1. The molecule has 148 valence electrons. The van der Waals surface area contributed by atoms with Crippen molar-refractivity contribution in [2.45, 2.75) is 57.4 Å². The minimum Gasteiger partial charge on any atom is -0.360 e. The fraction of sp³-hybridized carbons (Fsp3) is 0.400. The molecule has 0 fully saturated rings. The summed E-state index contributed by atoms with van der Waals surface area (Å²) in [6, 6.07) is 9.87. The Hall–Kier alpha value is -2.61. The highest BCUT2D eigenvalue weighted by molar-refractivity contribution is 8.00. The molecule has 8 heteroatoms. The molecule has 28 heavy (non-hydrogen) atoms. The zero-order valence-corrected chi connectivity index (χ0v) is 17.4. The number of benzene rings is 1. The lowest BCUT2D eigenvalue weighted by Crippen LogP contribution is -2.26. The van der Waals surface area contributed by atoms with Crippen molar-refractivity contribution in [1.82, 2.24) is 19.9 Å². The molecule has 1 aromatic carbocycles. The summed E-state index contributed by atoms with van der Waals surface area (Å²) in [4.78, 5) is 12.9. The maximum absolute atomic E-state index is 12.9. The number of amides is 1. The van der Waals surface area contributed by atoms with Gasteiger partial charge in [0.25, 0.3) is 0 Å². The van der Waals surface area contributed by atoms with Crippen molar-refractivity contribution in [3.8, 4) is 5.69 Å². The molecule has 2 heterocycles. The monoisotopic (exact) mass is 399 g/mol. The van der Waals surface area contributed by atoms with E-state index in [1.807, 2.05) is 36.6 Å². The maximum atomic E-state index is 12.9. The Kier molecular flexibility index (Phi) is 6.51. The van der Waals surface area contributed by atoms with Crippen LogP contribution in [0.2, 0.25) is 0 Å². The second-order valence-corrected chi connectivity index (χ2v) is 7.93. The van der Waals surface area contributed by atoms with Crippen molar-refractivity contribution in [3.63, 3.8) is 0 Å². The van der Waals surface area contributed by atoms with E-state index in [2.05, 4.69) is 33.7 Å². The van der Waals surface area contributed by atoms with Crippen LogP contribution in [-0.4, -0.2) is 31.1 Å². The molecule has 0 saturated heterocycles. The smallest absolute Gasteiger partial charge is 0.239 e. The molecule has 1 amide bonds. The number of carbonyl (C=O) groups is 1. The number of aryl methyl sites for hydroxylation is 3. The fourth-order valence-electron chi connectivity index (χ4n) is 2.88. The molecule has 3 rings (SSSR count). The van der Waals surface area contributed by atoms with Crippen LogP contribution in [0.15, 0.2) is 40.0 Å². The van der Waals surface area contributed by atoms with Gasteiger partial charge in [-0.05, 0) is 44.9 Å². The Morgan fingerprint density at radius 2 is 2.07 bits per heavy atom. The van der Waals surface area contributed by atoms with Gasteiger partial charge in [0.2, 0.25) is 5.91 Å². The SMILES string of the molecule is CCCCC(Sc1nnc(C)n1-c1cccc(C)c1)C(=O)Nc1cc(C)on1. The quantitative estimate of drug-likeness (QED) is 0.563. The lowest BCUT2D eigenvalue weighted by atomic mass is 10.2. The van der Waals surface area contributed by atoms with Crippen LogP contribution in [0.25, 0.3) is 5.69 Å². The minimum absolute atomic E-state index is 0.108. The third-order valence-corrected chi connectivity index (χ3v) is 5.50. The fourth-order valence-corrected chi connectivity index (χ4v) is 4.01. The number of hydrogen-bond acceptors (Lipinski definition) is 6. The highest BCUT2D eigenvalue weighted by Gasteiger charge is 2.24. The zero-order chi connectivity index (χ0) is 20.1. The van der Waals surface area contributed by atoms with Crippen molar-refractivity contribution in [3.05, 3.63) is 47.5 Å². The van der Waals surface area contributed by atoms with E-state index in [0.717, 1.165) is 36.3 Å². The maximum Gasteiger partial charge on any atom is 0.239 e. The van der Waals surface area contributed by atoms with E-state index in [9.17, 15) is 4.79 Å². The largest absolute Gasteiger partial charge is 0.360 e. The molecule has 0 aliphatic rings. The molecule has 0 aliphatic heterocycles. The first-order valence-electron chi connectivity index (χ1n) is 9.38. The molecule has 0 radical (unpaired) electrons. The van der Waals surface area contributed by atoms with Crippen LogP contribution in [-0.2, 0) is 4.79 Å². The highest BCUT2D eigenvalue weighted by atomic mass is 32.2. The first-order valence-corrected chi connectivity index (χ1v) is 10.3. The number of thioether (sulfide) groups is 1. The Morgan fingerprint density at radius 3 is 2.75 bits per heavy atom. The average Bonchev–Trinajstić information content (AvgIpc) is 3.23. The molecule has 3 aromatic rings. The number of rotatable bonds is 8. The molecule has 0 spiro atoms. The predicted octanol–water partition coefficient (Wildman–Crippen LogP) is 4.47. The van der Waals surface area contributed by atoms with Crippen molar-refractivity contribution in [2.24, 2.45) is 0 Å². The van der Waals surface area contributed by atoms with E-state index in [4.69, 9.17) is 4.52 Å². The molecule has 1 N–H and O–H groups in total. The summed E-state index contributed by atoms with van der Waals surface area (Å²) < 4.78 is 7.03. The molecule has 0 aliphatic carbocycles. The molecule has 0 saturated carbocycles. The van der Waals surface area contributed by atoms with Crippen LogP contribution in [0.1, 0.15) is 43.3 Å². The Labute approximate surface area is 168 Å². The number of unbranched alkanes of at least 4 members (excludes halogenated alkanes) is 1. The third kappa shape index (κ3) is 4.81. The van der Waals surface area contributed by atoms with Crippen LogP contribution in [0, 0.1) is 20.8 Å². The third-order valence-electron chi connectivity index (χ3n) is 4.29. The summed E-state index contributed by atoms with van der Waals surface area (Å²) in [6.07, 6.45) is 2.70. The Morgan fingerprint density at radius 1 is 1.25 bits per heavy atom. The van der Waals surface area contributed by atoms with Crippen LogP contribution in [0.3, 0.4) is 0 Å². The standard InChI is InChI=1S/C20H25N5O2S/c1-5-6-10-17(19(26)21-18-12-14(3)27-24-18)28-20-23-22-15(4)25(20)16-9-7-8-13(2)11-16/h7-9,11-12,17H,5-6,10H2,1-4H3,(H,21,24,26). The molecular weight excluding hydrogens is 374 g/mol. The normalized spacial score (nSPS) is 12.1. The van der Waals surface area contributed by atoms with E-state index >= 15 is 0 Å². The summed E-state index contributed by atoms with van der Waals surface area (Å²) in [5.41, 5.74) is 2.15. The van der Waals surface area contributed by atoms with Gasteiger partial charge in [0.1, 0.15) is 11.6 Å². The average molecular weight is 400 g/mol. The highest BCUT2D eigenvalue weighted by Crippen LogP contribution is 2.29. The molecular formula is C20H25N5O2S. The van der Waals surface area contributed by atoms with Crippen LogP contribution >= 0.6 is 11.8 Å². The number of hydrogen-bond donors (Lipinski definition) is 1. The number of nitrogens with zero attached hydrogens (tertiary/aromatic N) is 4. The molecule has 1 atom stereocenters. The predicted molar refractivity (Wildman–Crippen MR) is 110 cm³/mol. The first-order chi connectivity index (χ1) is 13.5. The number of anilines is 1. The van der Waals surface area contributed by atoms with Crippen molar-refractivity contribution >= 4 is 23.5 Å². The lowest BCUT2D eigenvalue weighted by Gasteiger charge is -2.16. The van der Waals surface area contributed by atoms with Gasteiger partial charge in [-0.3, -0.25) is 9.36 Å². The summed E-state index contributed by atoms with van der Waals surface area (Å²) in [5, 5.41) is 15.7. The second-order valence-electron chi connectivity index (χ2n) is 6.76. The molecule has 0 bridgehead atoms. The van der Waals surface area contributed by atoms with Gasteiger partial charge in [0.05, 0.1) is 5.25 Å². The van der Waals surface area contributed by atoms with Gasteiger partial charge in [0, 0.05) is 11.8 Å². The molecule has 7 nitrogen and oxygen atoms in total. The first kappa shape index (κ1) is 20.1. The van der Waals surface area contributed by atoms with E-state index in [1.165, 1.54) is 11.8 Å². The molecule has 2 aromatic heterocycles. The minimum atomic E-state index is -0.302. The van der Waals surface area contributed by atoms with Gasteiger partial charge < -0.3 is 9.84 Å². The van der Waals surface area contributed by atoms with Crippen LogP contribution < -0.4 is 5.32 Å². The lowest BCUT2D eigenvalue weighted by molar-refractivity contribution is -0.115. The van der Waals surface area contributed by atoms with Crippen LogP contribution in [0.5, 0.6) is 0 Å². The molecule has 1 unspecified atom stereocenters. The van der Waals surface area contributed by atoms with E-state index < -0.39 is 0 Å². The van der Waals surface area contributed by atoms with Gasteiger partial charge in [-0.2, -0.15) is 0 Å². The Bertz CT molecular complexity index is 950. The van der Waals surface area contributed by atoms with Crippen LogP contribution in [0.4, 0.5) is 5.82 Å². The summed E-state index contributed by atoms with van der Waals surface area (Å²) in [6.45, 7) is 7.87. The van der Waals surface area contributed by atoms with Crippen molar-refractivity contribution in [1.29, 1.82) is 0 Å². The van der Waals surface area contributed by atoms with Crippen molar-refractivity contribution < 1.29 is 9.32 Å². The summed E-state index contributed by atoms with van der Waals surface area (Å²) in [5.74, 6) is 1.77. The summed E-state index contributed by atoms with van der Waals surface area (Å²) in [7, 11) is 0. The van der Waals surface area contributed by atoms with Gasteiger partial charge >= 0.3 is 0 Å². The van der Waals surface area contributed by atoms with E-state index in [-0.39, 0.29) is 11.2 Å². The van der Waals surface area contributed by atoms with E-state index in [1.54, 1.807) is 13.0 Å². The zero-order valence-electron chi connectivity index (χ0n) is 16.6. The number of aromatic nitrogens is 4. The second kappa shape index (κ2) is 9.05. The van der Waals surface area contributed by atoms with E-state index in [0.29, 0.717) is 16.7 Å². The van der Waals surface area contributed by atoms with Gasteiger partial charge in [0.15, 0.2) is 11.0 Å². The number of carbonyl (C=O) groups excluding carboxylic acids is 1.